The second kappa shape index (κ2) is 7.77. The number of aryl methyl sites for hydroxylation is 1. The van der Waals surface area contributed by atoms with E-state index in [0.717, 1.165) is 30.3 Å². The molecule has 1 N–H and O–H groups in total. The van der Waals surface area contributed by atoms with E-state index in [-0.39, 0.29) is 23.9 Å². The summed E-state index contributed by atoms with van der Waals surface area (Å²) in [4.78, 5) is 36.1. The summed E-state index contributed by atoms with van der Waals surface area (Å²) in [5.41, 5.74) is -1.02. The van der Waals surface area contributed by atoms with Crippen LogP contribution in [0.5, 0.6) is 0 Å². The number of hydrogen-bond acceptors (Lipinski definition) is 4. The number of nitrogens with zero attached hydrogens (tertiary/aromatic N) is 3. The van der Waals surface area contributed by atoms with E-state index in [0.29, 0.717) is 19.5 Å². The molecule has 0 aromatic carbocycles. The first-order chi connectivity index (χ1) is 11.1. The highest BCUT2D eigenvalue weighted by molar-refractivity contribution is 5.78. The largest absolute Gasteiger partial charge is 0.356 e. The predicted molar refractivity (Wildman–Crippen MR) is 84.9 cm³/mol. The van der Waals surface area contributed by atoms with Crippen LogP contribution in [0.3, 0.4) is 0 Å². The van der Waals surface area contributed by atoms with Crippen molar-refractivity contribution in [1.29, 1.82) is 5.26 Å². The first-order valence-corrected chi connectivity index (χ1v) is 8.10. The lowest BCUT2D eigenvalue weighted by atomic mass is 10.1. The molecule has 0 radical (unpaired) electrons. The summed E-state index contributed by atoms with van der Waals surface area (Å²) in [6.07, 6.45) is 5.86. The standard InChI is InChI=1S/C16H22N4O3/c1-2-19-11-13(10-17)15(22)20(16(19)23)9-5-8-18-14(21)12-6-3-4-7-12/h11-12H,2-9H2,1H3,(H,18,21). The van der Waals surface area contributed by atoms with Crippen LogP contribution in [0.1, 0.15) is 44.6 Å². The highest BCUT2D eigenvalue weighted by Crippen LogP contribution is 2.24. The lowest BCUT2D eigenvalue weighted by Crippen LogP contribution is -2.41. The minimum absolute atomic E-state index is 0.0403. The molecular formula is C16H22N4O3. The van der Waals surface area contributed by atoms with Crippen molar-refractivity contribution in [2.24, 2.45) is 5.92 Å². The number of aromatic nitrogens is 2. The van der Waals surface area contributed by atoms with Crippen LogP contribution < -0.4 is 16.6 Å². The Kier molecular flexibility index (Phi) is 5.74. The Hall–Kier alpha value is -2.36. The Bertz CT molecular complexity index is 720. The number of nitriles is 1. The van der Waals surface area contributed by atoms with Crippen LogP contribution in [0.2, 0.25) is 0 Å². The van der Waals surface area contributed by atoms with Crippen molar-refractivity contribution in [2.75, 3.05) is 6.54 Å². The third-order valence-corrected chi connectivity index (χ3v) is 4.28. The highest BCUT2D eigenvalue weighted by atomic mass is 16.2. The Balaban J connectivity index is 1.98. The van der Waals surface area contributed by atoms with Crippen LogP contribution in [0.4, 0.5) is 0 Å². The number of nitrogens with one attached hydrogen (secondary N) is 1. The van der Waals surface area contributed by atoms with Gasteiger partial charge >= 0.3 is 5.69 Å². The molecule has 1 heterocycles. The summed E-state index contributed by atoms with van der Waals surface area (Å²) in [6.45, 7) is 2.79. The number of carbonyl (C=O) groups is 1. The monoisotopic (exact) mass is 318 g/mol. The predicted octanol–water partition coefficient (Wildman–Crippen LogP) is 0.598. The van der Waals surface area contributed by atoms with Crippen LogP contribution >= 0.6 is 0 Å². The minimum atomic E-state index is -0.565. The molecule has 0 bridgehead atoms. The molecule has 124 valence electrons. The maximum atomic E-state index is 12.2. The molecule has 0 saturated heterocycles. The zero-order chi connectivity index (χ0) is 16.8. The number of amides is 1. The molecule has 1 saturated carbocycles. The normalized spacial score (nSPS) is 14.6. The van der Waals surface area contributed by atoms with Gasteiger partial charge in [-0.2, -0.15) is 5.26 Å². The van der Waals surface area contributed by atoms with Crippen molar-refractivity contribution < 1.29 is 4.79 Å². The van der Waals surface area contributed by atoms with E-state index in [1.54, 1.807) is 6.92 Å². The summed E-state index contributed by atoms with van der Waals surface area (Å²) >= 11 is 0. The van der Waals surface area contributed by atoms with Crippen LogP contribution in [-0.4, -0.2) is 21.6 Å². The van der Waals surface area contributed by atoms with Gasteiger partial charge in [0.05, 0.1) is 0 Å². The van der Waals surface area contributed by atoms with Crippen LogP contribution in [0.15, 0.2) is 15.8 Å². The molecule has 0 unspecified atom stereocenters. The SMILES string of the molecule is CCn1cc(C#N)c(=O)n(CCCNC(=O)C2CCCC2)c1=O. The van der Waals surface area contributed by atoms with Gasteiger partial charge < -0.3 is 5.32 Å². The van der Waals surface area contributed by atoms with Crippen molar-refractivity contribution in [2.45, 2.75) is 52.1 Å². The van der Waals surface area contributed by atoms with Gasteiger partial charge in [-0.05, 0) is 26.2 Å². The Morgan fingerprint density at radius 2 is 2.09 bits per heavy atom. The highest BCUT2D eigenvalue weighted by Gasteiger charge is 2.21. The van der Waals surface area contributed by atoms with E-state index >= 15 is 0 Å². The molecule has 1 aliphatic carbocycles. The van der Waals surface area contributed by atoms with Crippen molar-refractivity contribution in [1.82, 2.24) is 14.5 Å². The lowest BCUT2D eigenvalue weighted by Gasteiger charge is -2.12. The quantitative estimate of drug-likeness (QED) is 0.777. The van der Waals surface area contributed by atoms with E-state index in [1.807, 2.05) is 6.07 Å². The van der Waals surface area contributed by atoms with Gasteiger partial charge in [0, 0.05) is 31.7 Å². The molecule has 0 spiro atoms. The number of hydrogen-bond donors (Lipinski definition) is 1. The zero-order valence-electron chi connectivity index (χ0n) is 13.4. The molecule has 1 amide bonds. The van der Waals surface area contributed by atoms with Gasteiger partial charge in [-0.3, -0.25) is 18.7 Å². The molecule has 23 heavy (non-hydrogen) atoms. The van der Waals surface area contributed by atoms with Crippen molar-refractivity contribution >= 4 is 5.91 Å². The third-order valence-electron chi connectivity index (χ3n) is 4.28. The molecule has 1 aliphatic rings. The first-order valence-electron chi connectivity index (χ1n) is 8.10. The average molecular weight is 318 g/mol. The fourth-order valence-electron chi connectivity index (χ4n) is 2.94. The second-order valence-electron chi connectivity index (χ2n) is 5.81. The van der Waals surface area contributed by atoms with Crippen LogP contribution in [-0.2, 0) is 17.9 Å². The van der Waals surface area contributed by atoms with Gasteiger partial charge in [0.2, 0.25) is 5.91 Å². The van der Waals surface area contributed by atoms with Crippen molar-refractivity contribution in [3.63, 3.8) is 0 Å². The second-order valence-corrected chi connectivity index (χ2v) is 5.81. The number of rotatable bonds is 6. The van der Waals surface area contributed by atoms with E-state index in [4.69, 9.17) is 5.26 Å². The summed E-state index contributed by atoms with van der Waals surface area (Å²) in [6, 6.07) is 1.82. The summed E-state index contributed by atoms with van der Waals surface area (Å²) in [5.74, 6) is 0.170. The molecule has 1 fully saturated rings. The van der Waals surface area contributed by atoms with Crippen molar-refractivity contribution in [3.05, 3.63) is 32.6 Å². The Morgan fingerprint density at radius 1 is 1.39 bits per heavy atom. The topological polar surface area (TPSA) is 96.9 Å². The fourth-order valence-corrected chi connectivity index (χ4v) is 2.94. The molecule has 1 aromatic rings. The van der Waals surface area contributed by atoms with E-state index < -0.39 is 11.2 Å². The maximum Gasteiger partial charge on any atom is 0.331 e. The molecule has 2 rings (SSSR count). The molecule has 7 nitrogen and oxygen atoms in total. The van der Waals surface area contributed by atoms with Crippen LogP contribution in [0.25, 0.3) is 0 Å². The molecule has 1 aromatic heterocycles. The van der Waals surface area contributed by atoms with Crippen LogP contribution in [0, 0.1) is 17.2 Å². The maximum absolute atomic E-state index is 12.2. The lowest BCUT2D eigenvalue weighted by molar-refractivity contribution is -0.124. The van der Waals surface area contributed by atoms with Gasteiger partial charge in [-0.25, -0.2) is 4.79 Å². The third kappa shape index (κ3) is 3.89. The van der Waals surface area contributed by atoms with Crippen molar-refractivity contribution in [3.8, 4) is 6.07 Å². The molecule has 0 atom stereocenters. The van der Waals surface area contributed by atoms with Gasteiger partial charge in [-0.15, -0.1) is 0 Å². The minimum Gasteiger partial charge on any atom is -0.356 e. The van der Waals surface area contributed by atoms with E-state index in [2.05, 4.69) is 5.32 Å². The number of carbonyl (C=O) groups excluding carboxylic acids is 1. The smallest absolute Gasteiger partial charge is 0.331 e. The molecular weight excluding hydrogens is 296 g/mol. The zero-order valence-corrected chi connectivity index (χ0v) is 13.4. The van der Waals surface area contributed by atoms with Gasteiger partial charge in [-0.1, -0.05) is 12.8 Å². The average Bonchev–Trinajstić information content (AvgIpc) is 3.08. The summed E-state index contributed by atoms with van der Waals surface area (Å²) in [7, 11) is 0. The summed E-state index contributed by atoms with van der Waals surface area (Å²) in [5, 5.41) is 11.8. The molecule has 0 aliphatic heterocycles. The van der Waals surface area contributed by atoms with Gasteiger partial charge in [0.25, 0.3) is 5.56 Å². The Morgan fingerprint density at radius 3 is 2.70 bits per heavy atom. The first kappa shape index (κ1) is 17.0. The Labute approximate surface area is 134 Å². The van der Waals surface area contributed by atoms with E-state index in [1.165, 1.54) is 10.8 Å². The fraction of sp³-hybridized carbons (Fsp3) is 0.625. The molecule has 7 heteroatoms. The summed E-state index contributed by atoms with van der Waals surface area (Å²) < 4.78 is 2.42. The van der Waals surface area contributed by atoms with Gasteiger partial charge in [0.15, 0.2) is 0 Å². The van der Waals surface area contributed by atoms with E-state index in [9.17, 15) is 14.4 Å². The van der Waals surface area contributed by atoms with Gasteiger partial charge in [0.1, 0.15) is 11.6 Å².